The summed E-state index contributed by atoms with van der Waals surface area (Å²) in [6.07, 6.45) is 2.11. The zero-order valence-electron chi connectivity index (χ0n) is 15.5. The van der Waals surface area contributed by atoms with E-state index in [0.29, 0.717) is 18.1 Å². The third kappa shape index (κ3) is 4.63. The van der Waals surface area contributed by atoms with E-state index >= 15 is 0 Å². The monoisotopic (exact) mass is 414 g/mol. The Morgan fingerprint density at radius 2 is 1.93 bits per heavy atom. The fourth-order valence-corrected chi connectivity index (χ4v) is 4.13. The van der Waals surface area contributed by atoms with E-state index in [2.05, 4.69) is 10.2 Å². The number of rotatable bonds is 7. The van der Waals surface area contributed by atoms with E-state index in [1.54, 1.807) is 24.3 Å². The Balaban J connectivity index is 1.56. The van der Waals surface area contributed by atoms with Gasteiger partial charge in [-0.2, -0.15) is 0 Å². The van der Waals surface area contributed by atoms with Gasteiger partial charge >= 0.3 is 0 Å². The zero-order chi connectivity index (χ0) is 20.2. The minimum Gasteiger partial charge on any atom is -0.376 e. The molecule has 4 rings (SSSR count). The summed E-state index contributed by atoms with van der Waals surface area (Å²) >= 11 is 1.51. The average Bonchev–Trinajstić information content (AvgIpc) is 3.38. The van der Waals surface area contributed by atoms with Crippen molar-refractivity contribution < 1.29 is 14.1 Å². The van der Waals surface area contributed by atoms with Gasteiger partial charge in [-0.25, -0.2) is 4.39 Å². The van der Waals surface area contributed by atoms with E-state index in [-0.39, 0.29) is 17.6 Å². The molecule has 3 aromatic rings. The summed E-state index contributed by atoms with van der Waals surface area (Å²) in [5, 5.41) is 20.2. The number of nitro benzene ring substituents is 1. The number of aromatic nitrogens is 3. The van der Waals surface area contributed by atoms with Crippen molar-refractivity contribution >= 4 is 17.4 Å². The normalized spacial score (nSPS) is 16.2. The van der Waals surface area contributed by atoms with Gasteiger partial charge in [0.25, 0.3) is 5.69 Å². The van der Waals surface area contributed by atoms with Crippen LogP contribution in [0.25, 0.3) is 11.4 Å². The number of non-ortho nitro benzene ring substituents is 1. The van der Waals surface area contributed by atoms with Crippen molar-refractivity contribution in [3.63, 3.8) is 0 Å². The molecule has 0 bridgehead atoms. The molecule has 1 atom stereocenters. The average molecular weight is 414 g/mol. The molecule has 9 heteroatoms. The first-order valence-electron chi connectivity index (χ1n) is 9.27. The number of benzene rings is 2. The molecule has 29 heavy (non-hydrogen) atoms. The first-order valence-corrected chi connectivity index (χ1v) is 10.3. The lowest BCUT2D eigenvalue weighted by molar-refractivity contribution is -0.384. The highest BCUT2D eigenvalue weighted by Gasteiger charge is 2.22. The summed E-state index contributed by atoms with van der Waals surface area (Å²) in [6, 6.07) is 12.7. The summed E-state index contributed by atoms with van der Waals surface area (Å²) in [6.45, 7) is 1.38. The molecule has 1 saturated heterocycles. The molecule has 150 valence electrons. The molecule has 0 spiro atoms. The Kier molecular flexibility index (Phi) is 5.86. The molecule has 0 amide bonds. The number of halogens is 1. The second kappa shape index (κ2) is 8.71. The highest BCUT2D eigenvalue weighted by atomic mass is 32.2. The molecule has 1 fully saturated rings. The van der Waals surface area contributed by atoms with E-state index in [0.717, 1.165) is 35.7 Å². The predicted octanol–water partition coefficient (Wildman–Crippen LogP) is 4.46. The maximum atomic E-state index is 13.3. The van der Waals surface area contributed by atoms with Crippen molar-refractivity contribution in [2.75, 3.05) is 6.61 Å². The van der Waals surface area contributed by atoms with Gasteiger partial charge in [-0.3, -0.25) is 14.7 Å². The zero-order valence-corrected chi connectivity index (χ0v) is 16.3. The predicted molar refractivity (Wildman–Crippen MR) is 107 cm³/mol. The molecule has 2 aromatic carbocycles. The molecule has 0 N–H and O–H groups in total. The van der Waals surface area contributed by atoms with Gasteiger partial charge in [0.15, 0.2) is 11.0 Å². The fraction of sp³-hybridized carbons (Fsp3) is 0.300. The van der Waals surface area contributed by atoms with Crippen molar-refractivity contribution in [2.24, 2.45) is 0 Å². The summed E-state index contributed by atoms with van der Waals surface area (Å²) in [5.74, 6) is 0.976. The fourth-order valence-electron chi connectivity index (χ4n) is 3.23. The highest BCUT2D eigenvalue weighted by molar-refractivity contribution is 7.98. The lowest BCUT2D eigenvalue weighted by atomic mass is 10.2. The molecular formula is C20H19FN4O3S. The van der Waals surface area contributed by atoms with Crippen LogP contribution < -0.4 is 0 Å². The van der Waals surface area contributed by atoms with Crippen molar-refractivity contribution in [3.8, 4) is 11.4 Å². The Morgan fingerprint density at radius 3 is 2.59 bits per heavy atom. The maximum Gasteiger partial charge on any atom is 0.269 e. The van der Waals surface area contributed by atoms with Crippen LogP contribution in [-0.4, -0.2) is 32.4 Å². The Hall–Kier alpha value is -2.78. The molecule has 0 radical (unpaired) electrons. The Morgan fingerprint density at radius 1 is 1.17 bits per heavy atom. The minimum absolute atomic E-state index is 0.0684. The number of hydrogen-bond donors (Lipinski definition) is 0. The van der Waals surface area contributed by atoms with Crippen LogP contribution in [0.2, 0.25) is 0 Å². The van der Waals surface area contributed by atoms with Gasteiger partial charge in [0.05, 0.1) is 17.6 Å². The van der Waals surface area contributed by atoms with E-state index in [1.165, 1.54) is 36.0 Å². The van der Waals surface area contributed by atoms with Crippen LogP contribution in [-0.2, 0) is 17.0 Å². The Labute approximate surface area is 171 Å². The van der Waals surface area contributed by atoms with Gasteiger partial charge < -0.3 is 4.74 Å². The number of nitrogens with zero attached hydrogens (tertiary/aromatic N) is 4. The van der Waals surface area contributed by atoms with E-state index < -0.39 is 4.92 Å². The lowest BCUT2D eigenvalue weighted by Crippen LogP contribution is -2.16. The van der Waals surface area contributed by atoms with Gasteiger partial charge in [0, 0.05) is 30.1 Å². The summed E-state index contributed by atoms with van der Waals surface area (Å²) in [4.78, 5) is 10.4. The third-order valence-corrected chi connectivity index (χ3v) is 5.78. The van der Waals surface area contributed by atoms with Crippen LogP contribution in [0.5, 0.6) is 0 Å². The van der Waals surface area contributed by atoms with Crippen LogP contribution in [0.3, 0.4) is 0 Å². The van der Waals surface area contributed by atoms with Gasteiger partial charge in [-0.15, -0.1) is 10.2 Å². The maximum absolute atomic E-state index is 13.3. The van der Waals surface area contributed by atoms with Crippen molar-refractivity contribution in [1.29, 1.82) is 0 Å². The second-order valence-electron chi connectivity index (χ2n) is 6.77. The number of ether oxygens (including phenoxy) is 1. The molecule has 1 aliphatic rings. The van der Waals surface area contributed by atoms with Crippen LogP contribution in [0.4, 0.5) is 10.1 Å². The summed E-state index contributed by atoms with van der Waals surface area (Å²) in [5.41, 5.74) is 1.81. The minimum atomic E-state index is -0.413. The van der Waals surface area contributed by atoms with Gasteiger partial charge in [0.2, 0.25) is 0 Å². The summed E-state index contributed by atoms with van der Waals surface area (Å²) < 4.78 is 21.1. The molecule has 7 nitrogen and oxygen atoms in total. The third-order valence-electron chi connectivity index (χ3n) is 4.74. The van der Waals surface area contributed by atoms with Crippen molar-refractivity contribution in [2.45, 2.75) is 36.4 Å². The van der Waals surface area contributed by atoms with Crippen LogP contribution in [0.1, 0.15) is 18.4 Å². The molecular weight excluding hydrogens is 395 g/mol. The number of nitro groups is 1. The quantitative estimate of drug-likeness (QED) is 0.322. The molecule has 0 aliphatic carbocycles. The van der Waals surface area contributed by atoms with Crippen molar-refractivity contribution in [1.82, 2.24) is 14.8 Å². The smallest absolute Gasteiger partial charge is 0.269 e. The largest absolute Gasteiger partial charge is 0.376 e. The molecule has 1 aliphatic heterocycles. The van der Waals surface area contributed by atoms with Crippen LogP contribution >= 0.6 is 11.8 Å². The first-order chi connectivity index (χ1) is 14.1. The van der Waals surface area contributed by atoms with E-state index in [4.69, 9.17) is 4.74 Å². The first kappa shape index (κ1) is 19.5. The number of hydrogen-bond acceptors (Lipinski definition) is 6. The summed E-state index contributed by atoms with van der Waals surface area (Å²) in [7, 11) is 0. The Bertz CT molecular complexity index is 986. The molecule has 0 saturated carbocycles. The van der Waals surface area contributed by atoms with Crippen LogP contribution in [0, 0.1) is 15.9 Å². The highest BCUT2D eigenvalue weighted by Crippen LogP contribution is 2.29. The number of thioether (sulfide) groups is 1. The molecule has 1 unspecified atom stereocenters. The van der Waals surface area contributed by atoms with Crippen LogP contribution in [0.15, 0.2) is 53.7 Å². The topological polar surface area (TPSA) is 83.1 Å². The van der Waals surface area contributed by atoms with E-state index in [9.17, 15) is 14.5 Å². The lowest BCUT2D eigenvalue weighted by Gasteiger charge is -2.14. The molecule has 2 heterocycles. The molecule has 1 aromatic heterocycles. The van der Waals surface area contributed by atoms with Crippen molar-refractivity contribution in [3.05, 3.63) is 70.0 Å². The van der Waals surface area contributed by atoms with Gasteiger partial charge in [-0.1, -0.05) is 23.9 Å². The van der Waals surface area contributed by atoms with Gasteiger partial charge in [-0.05, 0) is 42.7 Å². The standard InChI is InChI=1S/C20H19FN4O3S/c21-16-7-5-15(6-8-16)19-22-23-20(24(19)12-18-2-1-11-28-18)29-13-14-3-9-17(10-4-14)25(26)27/h3-10,18H,1-2,11-13H2. The van der Waals surface area contributed by atoms with Gasteiger partial charge in [0.1, 0.15) is 5.82 Å². The SMILES string of the molecule is O=[N+]([O-])c1ccc(CSc2nnc(-c3ccc(F)cc3)n2CC2CCCO2)cc1. The second-order valence-corrected chi connectivity index (χ2v) is 7.71. The van der Waals surface area contributed by atoms with E-state index in [1.807, 2.05) is 4.57 Å².